The molecule has 0 fully saturated rings. The molecular formula is C8H18N4O6. The second-order valence-electron chi connectivity index (χ2n) is 2.62. The van der Waals surface area contributed by atoms with E-state index < -0.39 is 11.9 Å². The molecule has 10 heteroatoms. The molecule has 0 rings (SSSR count). The Morgan fingerprint density at radius 1 is 0.722 bits per heavy atom. The van der Waals surface area contributed by atoms with Crippen LogP contribution in [0.3, 0.4) is 0 Å². The molecule has 0 bridgehead atoms. The molecule has 0 radical (unpaired) electrons. The summed E-state index contributed by atoms with van der Waals surface area (Å²) in [5.74, 6) is -4.32. The summed E-state index contributed by atoms with van der Waals surface area (Å²) < 4.78 is 0. The first-order valence-corrected chi connectivity index (χ1v) is 4.61. The number of primary amides is 2. The minimum atomic E-state index is -1.82. The van der Waals surface area contributed by atoms with E-state index in [1.54, 1.807) is 0 Å². The Morgan fingerprint density at radius 2 is 0.944 bits per heavy atom. The molecule has 0 aromatic carbocycles. The molecule has 0 unspecified atom stereocenters. The summed E-state index contributed by atoms with van der Waals surface area (Å²) in [6.07, 6.45) is 0.583. The molecule has 0 spiro atoms. The number of nitrogens with two attached hydrogens (primary N) is 4. The summed E-state index contributed by atoms with van der Waals surface area (Å²) in [6.45, 7) is 0.713. The molecule has 0 heterocycles. The van der Waals surface area contributed by atoms with Crippen LogP contribution in [-0.4, -0.2) is 47.1 Å². The van der Waals surface area contributed by atoms with Crippen LogP contribution >= 0.6 is 0 Å². The average molecular weight is 266 g/mol. The number of aliphatic carboxylic acids is 2. The van der Waals surface area contributed by atoms with E-state index in [1.165, 1.54) is 0 Å². The monoisotopic (exact) mass is 266 g/mol. The standard InChI is InChI=1S/2C3H8N2O.C2H2O4/c2*4-2-1-3(5)6;3-1(4)2(5)6/h2*1-2,4H2,(H2,5,6);(H,3,4)(H,5,6). The Labute approximate surface area is 103 Å². The predicted molar refractivity (Wildman–Crippen MR) is 61.0 cm³/mol. The van der Waals surface area contributed by atoms with Gasteiger partial charge < -0.3 is 33.1 Å². The average Bonchev–Trinajstić information content (AvgIpc) is 2.18. The van der Waals surface area contributed by atoms with Gasteiger partial charge in [0.2, 0.25) is 11.8 Å². The van der Waals surface area contributed by atoms with Crippen LogP contribution in [-0.2, 0) is 19.2 Å². The lowest BCUT2D eigenvalue weighted by atomic mass is 10.4. The molecule has 0 saturated carbocycles. The Hall–Kier alpha value is -2.20. The number of hydrogen-bond acceptors (Lipinski definition) is 6. The number of amides is 2. The molecule has 2 amide bonds. The van der Waals surface area contributed by atoms with Crippen molar-refractivity contribution in [3.63, 3.8) is 0 Å². The molecule has 0 aliphatic rings. The zero-order valence-corrected chi connectivity index (χ0v) is 9.67. The quantitative estimate of drug-likeness (QED) is 0.284. The molecule has 0 atom stereocenters. The van der Waals surface area contributed by atoms with Crippen molar-refractivity contribution < 1.29 is 29.4 Å². The largest absolute Gasteiger partial charge is 0.473 e. The number of carbonyl (C=O) groups excluding carboxylic acids is 2. The second-order valence-corrected chi connectivity index (χ2v) is 2.62. The lowest BCUT2D eigenvalue weighted by molar-refractivity contribution is -0.159. The number of carboxylic acid groups (broad SMARTS) is 2. The number of rotatable bonds is 4. The molecule has 0 saturated heterocycles. The summed E-state index contributed by atoms with van der Waals surface area (Å²) in [6, 6.07) is 0. The second kappa shape index (κ2) is 14.8. The summed E-state index contributed by atoms with van der Waals surface area (Å²) in [5, 5.41) is 14.8. The maximum Gasteiger partial charge on any atom is 0.414 e. The molecule has 10 nitrogen and oxygen atoms in total. The summed E-state index contributed by atoms with van der Waals surface area (Å²) in [4.78, 5) is 37.7. The van der Waals surface area contributed by atoms with Gasteiger partial charge in [-0.05, 0) is 0 Å². The van der Waals surface area contributed by atoms with Gasteiger partial charge in [0.1, 0.15) is 0 Å². The van der Waals surface area contributed by atoms with Gasteiger partial charge in [0.05, 0.1) is 0 Å². The van der Waals surface area contributed by atoms with Crippen LogP contribution in [0, 0.1) is 0 Å². The first kappa shape index (κ1) is 21.1. The van der Waals surface area contributed by atoms with Crippen molar-refractivity contribution in [1.29, 1.82) is 0 Å². The summed E-state index contributed by atoms with van der Waals surface area (Å²) in [5.41, 5.74) is 19.2. The van der Waals surface area contributed by atoms with Crippen LogP contribution in [0.25, 0.3) is 0 Å². The third-order valence-electron chi connectivity index (χ3n) is 0.964. The van der Waals surface area contributed by atoms with Gasteiger partial charge in [0.25, 0.3) is 0 Å². The van der Waals surface area contributed by atoms with Gasteiger partial charge in [0.15, 0.2) is 0 Å². The van der Waals surface area contributed by atoms with Crippen LogP contribution in [0.4, 0.5) is 0 Å². The van der Waals surface area contributed by atoms with Crippen molar-refractivity contribution in [2.45, 2.75) is 12.8 Å². The van der Waals surface area contributed by atoms with Crippen molar-refractivity contribution in [3.8, 4) is 0 Å². The van der Waals surface area contributed by atoms with Crippen LogP contribution in [0.15, 0.2) is 0 Å². The van der Waals surface area contributed by atoms with Crippen molar-refractivity contribution in [3.05, 3.63) is 0 Å². The van der Waals surface area contributed by atoms with Crippen LogP contribution in [0.1, 0.15) is 12.8 Å². The molecule has 0 aromatic heterocycles. The van der Waals surface area contributed by atoms with Crippen LogP contribution < -0.4 is 22.9 Å². The van der Waals surface area contributed by atoms with E-state index >= 15 is 0 Å². The molecule has 0 aromatic rings. The maximum atomic E-state index is 9.74. The fourth-order valence-corrected chi connectivity index (χ4v) is 0.285. The zero-order chi connectivity index (χ0) is 15.1. The smallest absolute Gasteiger partial charge is 0.414 e. The first-order valence-electron chi connectivity index (χ1n) is 4.61. The molecule has 106 valence electrons. The maximum absolute atomic E-state index is 9.74. The van der Waals surface area contributed by atoms with Gasteiger partial charge in [0, 0.05) is 25.9 Å². The highest BCUT2D eigenvalue weighted by atomic mass is 16.4. The molecular weight excluding hydrogens is 248 g/mol. The van der Waals surface area contributed by atoms with Gasteiger partial charge in [-0.3, -0.25) is 9.59 Å². The predicted octanol–water partition coefficient (Wildman–Crippen LogP) is -3.20. The van der Waals surface area contributed by atoms with Crippen molar-refractivity contribution >= 4 is 23.8 Å². The number of carboxylic acids is 2. The molecule has 0 aliphatic heterocycles. The van der Waals surface area contributed by atoms with E-state index in [0.717, 1.165) is 0 Å². The Morgan fingerprint density at radius 3 is 0.944 bits per heavy atom. The normalized spacial score (nSPS) is 7.89. The topological polar surface area (TPSA) is 213 Å². The number of carbonyl (C=O) groups is 4. The summed E-state index contributed by atoms with van der Waals surface area (Å²) in [7, 11) is 0. The zero-order valence-electron chi connectivity index (χ0n) is 9.67. The minimum Gasteiger partial charge on any atom is -0.473 e. The van der Waals surface area contributed by atoms with Crippen molar-refractivity contribution in [1.82, 2.24) is 0 Å². The van der Waals surface area contributed by atoms with E-state index in [4.69, 9.17) is 31.3 Å². The third kappa shape index (κ3) is 37.2. The third-order valence-corrected chi connectivity index (χ3v) is 0.964. The van der Waals surface area contributed by atoms with E-state index in [1.807, 2.05) is 0 Å². The molecule has 0 aliphatic carbocycles. The summed E-state index contributed by atoms with van der Waals surface area (Å²) >= 11 is 0. The van der Waals surface area contributed by atoms with E-state index in [-0.39, 0.29) is 11.8 Å². The van der Waals surface area contributed by atoms with E-state index in [0.29, 0.717) is 25.9 Å². The first-order chi connectivity index (χ1) is 8.18. The Kier molecular flexibility index (Phi) is 17.4. The fourth-order valence-electron chi connectivity index (χ4n) is 0.285. The highest BCUT2D eigenvalue weighted by molar-refractivity contribution is 6.27. The van der Waals surface area contributed by atoms with Crippen molar-refractivity contribution in [2.24, 2.45) is 22.9 Å². The van der Waals surface area contributed by atoms with Gasteiger partial charge in [-0.2, -0.15) is 0 Å². The Balaban J connectivity index is -0.000000187. The van der Waals surface area contributed by atoms with Gasteiger partial charge in [-0.1, -0.05) is 0 Å². The molecule has 18 heavy (non-hydrogen) atoms. The minimum absolute atomic E-state index is 0.292. The number of hydrogen-bond donors (Lipinski definition) is 6. The SMILES string of the molecule is NCCC(N)=O.NCCC(N)=O.O=C(O)C(=O)O. The van der Waals surface area contributed by atoms with E-state index in [2.05, 4.69) is 11.5 Å². The van der Waals surface area contributed by atoms with E-state index in [9.17, 15) is 9.59 Å². The highest BCUT2D eigenvalue weighted by Crippen LogP contribution is 1.64. The van der Waals surface area contributed by atoms with Gasteiger partial charge in [-0.15, -0.1) is 0 Å². The lowest BCUT2D eigenvalue weighted by Gasteiger charge is -1.82. The highest BCUT2D eigenvalue weighted by Gasteiger charge is 2.04. The van der Waals surface area contributed by atoms with Gasteiger partial charge >= 0.3 is 11.9 Å². The van der Waals surface area contributed by atoms with Crippen LogP contribution in [0.2, 0.25) is 0 Å². The van der Waals surface area contributed by atoms with Gasteiger partial charge in [-0.25, -0.2) is 9.59 Å². The van der Waals surface area contributed by atoms with Crippen LogP contribution in [0.5, 0.6) is 0 Å². The lowest BCUT2D eigenvalue weighted by Crippen LogP contribution is -2.15. The fraction of sp³-hybridized carbons (Fsp3) is 0.500. The molecule has 10 N–H and O–H groups in total. The Bertz CT molecular complexity index is 253. The van der Waals surface area contributed by atoms with Crippen molar-refractivity contribution in [2.75, 3.05) is 13.1 Å².